The minimum absolute atomic E-state index is 0.348. The number of thioether (sulfide) groups is 1. The summed E-state index contributed by atoms with van der Waals surface area (Å²) >= 11 is 1.57. The Kier molecular flexibility index (Phi) is 7.16. The van der Waals surface area contributed by atoms with E-state index in [2.05, 4.69) is 6.92 Å². The summed E-state index contributed by atoms with van der Waals surface area (Å²) in [5.41, 5.74) is 0.466. The zero-order valence-corrected chi connectivity index (χ0v) is 15.4. The molecule has 0 amide bonds. The topological polar surface area (TPSA) is 68.2 Å². The number of unbranched alkanes of at least 4 members (excludes halogenated alkanes) is 3. The van der Waals surface area contributed by atoms with Crippen LogP contribution in [0.4, 0.5) is 0 Å². The third-order valence-electron chi connectivity index (χ3n) is 4.69. The van der Waals surface area contributed by atoms with Crippen LogP contribution in [0, 0.1) is 0 Å². The van der Waals surface area contributed by atoms with Crippen molar-refractivity contribution in [2.75, 3.05) is 12.4 Å². The third kappa shape index (κ3) is 4.76. The van der Waals surface area contributed by atoms with E-state index in [1.165, 1.54) is 19.3 Å². The van der Waals surface area contributed by atoms with Crippen LogP contribution in [0.5, 0.6) is 0 Å². The molecule has 2 aliphatic heterocycles. The van der Waals surface area contributed by atoms with Crippen molar-refractivity contribution in [3.05, 3.63) is 35.9 Å². The zero-order chi connectivity index (χ0) is 17.6. The summed E-state index contributed by atoms with van der Waals surface area (Å²) in [6.07, 6.45) is 1.32. The predicted molar refractivity (Wildman–Crippen MR) is 97.3 cm³/mol. The molecule has 2 N–H and O–H groups in total. The molecule has 0 saturated carbocycles. The Morgan fingerprint density at radius 2 is 1.84 bits per heavy atom. The molecule has 6 atom stereocenters. The fourth-order valence-corrected chi connectivity index (χ4v) is 4.41. The molecule has 1 aromatic carbocycles. The molecule has 0 radical (unpaired) electrons. The molecule has 0 aliphatic carbocycles. The zero-order valence-electron chi connectivity index (χ0n) is 14.6. The van der Waals surface area contributed by atoms with Crippen LogP contribution in [0.3, 0.4) is 0 Å². The minimum Gasteiger partial charge on any atom is -0.387 e. The van der Waals surface area contributed by atoms with Gasteiger partial charge in [-0.15, -0.1) is 11.8 Å². The van der Waals surface area contributed by atoms with Gasteiger partial charge in [0.1, 0.15) is 29.9 Å². The number of ether oxygens (including phenoxy) is 3. The largest absolute Gasteiger partial charge is 0.387 e. The number of aliphatic hydroxyl groups excluding tert-OH is 2. The van der Waals surface area contributed by atoms with Gasteiger partial charge in [0.25, 0.3) is 0 Å². The average molecular weight is 368 g/mol. The highest BCUT2D eigenvalue weighted by molar-refractivity contribution is 7.99. The molecule has 3 rings (SSSR count). The Morgan fingerprint density at radius 3 is 2.60 bits per heavy atom. The molecule has 2 saturated heterocycles. The molecule has 2 aliphatic rings. The second-order valence-corrected chi connectivity index (χ2v) is 7.84. The molecule has 0 spiro atoms. The van der Waals surface area contributed by atoms with Gasteiger partial charge < -0.3 is 24.4 Å². The van der Waals surface area contributed by atoms with Gasteiger partial charge in [-0.1, -0.05) is 56.5 Å². The maximum Gasteiger partial charge on any atom is 0.184 e. The van der Waals surface area contributed by atoms with Gasteiger partial charge in [0.05, 0.1) is 6.61 Å². The first-order valence-electron chi connectivity index (χ1n) is 9.16. The van der Waals surface area contributed by atoms with Gasteiger partial charge in [-0.2, -0.15) is 0 Å². The van der Waals surface area contributed by atoms with E-state index in [1.54, 1.807) is 11.8 Å². The lowest BCUT2D eigenvalue weighted by Gasteiger charge is -2.46. The van der Waals surface area contributed by atoms with Gasteiger partial charge in [0.2, 0.25) is 0 Å². The normalized spacial score (nSPS) is 35.3. The Bertz CT molecular complexity index is 512. The lowest BCUT2D eigenvalue weighted by atomic mass is 9.99. The highest BCUT2D eigenvalue weighted by Gasteiger charge is 2.48. The van der Waals surface area contributed by atoms with E-state index >= 15 is 0 Å². The second kappa shape index (κ2) is 9.35. The van der Waals surface area contributed by atoms with Crippen LogP contribution in [0.15, 0.2) is 30.3 Å². The van der Waals surface area contributed by atoms with Crippen LogP contribution in [0.2, 0.25) is 0 Å². The molecule has 0 bridgehead atoms. The van der Waals surface area contributed by atoms with Crippen LogP contribution < -0.4 is 0 Å². The first-order chi connectivity index (χ1) is 12.2. The number of fused-ring (bicyclic) bond motifs is 1. The highest BCUT2D eigenvalue weighted by Crippen LogP contribution is 2.36. The van der Waals surface area contributed by atoms with Crippen molar-refractivity contribution in [3.8, 4) is 0 Å². The molecular weight excluding hydrogens is 340 g/mol. The average Bonchev–Trinajstić information content (AvgIpc) is 2.66. The highest BCUT2D eigenvalue weighted by atomic mass is 32.2. The molecule has 1 aromatic rings. The van der Waals surface area contributed by atoms with Gasteiger partial charge in [0, 0.05) is 5.56 Å². The summed E-state index contributed by atoms with van der Waals surface area (Å²) in [6.45, 7) is 2.53. The number of hydrogen-bond donors (Lipinski definition) is 2. The molecule has 140 valence electrons. The van der Waals surface area contributed by atoms with Crippen LogP contribution in [-0.2, 0) is 14.2 Å². The van der Waals surface area contributed by atoms with Crippen molar-refractivity contribution >= 4 is 11.8 Å². The van der Waals surface area contributed by atoms with Crippen molar-refractivity contribution in [2.45, 2.75) is 68.7 Å². The Morgan fingerprint density at radius 1 is 1.04 bits per heavy atom. The minimum atomic E-state index is -0.970. The van der Waals surface area contributed by atoms with E-state index in [0.29, 0.717) is 6.61 Å². The lowest BCUT2D eigenvalue weighted by molar-refractivity contribution is -0.318. The van der Waals surface area contributed by atoms with E-state index in [0.717, 1.165) is 17.7 Å². The molecule has 25 heavy (non-hydrogen) atoms. The van der Waals surface area contributed by atoms with Crippen LogP contribution in [-0.4, -0.2) is 52.4 Å². The maximum atomic E-state index is 10.5. The monoisotopic (exact) mass is 368 g/mol. The summed E-state index contributed by atoms with van der Waals surface area (Å²) < 4.78 is 17.6. The Labute approximate surface area is 153 Å². The summed E-state index contributed by atoms with van der Waals surface area (Å²) in [7, 11) is 0. The van der Waals surface area contributed by atoms with Gasteiger partial charge in [0.15, 0.2) is 6.29 Å². The van der Waals surface area contributed by atoms with E-state index in [9.17, 15) is 10.2 Å². The van der Waals surface area contributed by atoms with E-state index in [-0.39, 0.29) is 6.10 Å². The fourth-order valence-electron chi connectivity index (χ4n) is 3.22. The predicted octanol–water partition coefficient (Wildman–Crippen LogP) is 2.86. The molecule has 6 heteroatoms. The molecule has 2 heterocycles. The number of rotatable bonds is 7. The van der Waals surface area contributed by atoms with Gasteiger partial charge in [-0.05, 0) is 12.2 Å². The summed E-state index contributed by atoms with van der Waals surface area (Å²) in [6, 6.07) is 9.61. The standard InChI is InChI=1S/C19H28O5S/c1-2-3-4-8-11-25-19-16(21)15(20)17-14(23-19)12-22-18(24-17)13-9-6-5-7-10-13/h5-7,9-10,14-21H,2-4,8,11-12H2,1H3/t14-,15-,16-,17-,18?,19+/m1/s1. The van der Waals surface area contributed by atoms with E-state index in [4.69, 9.17) is 14.2 Å². The molecule has 0 aromatic heterocycles. The first kappa shape index (κ1) is 19.1. The second-order valence-electron chi connectivity index (χ2n) is 6.63. The smallest absolute Gasteiger partial charge is 0.184 e. The van der Waals surface area contributed by atoms with Crippen LogP contribution >= 0.6 is 11.8 Å². The van der Waals surface area contributed by atoms with E-state index in [1.807, 2.05) is 30.3 Å². The SMILES string of the molecule is CCCCCCS[C@@H]1O[C@@H]2COC(c3ccccc3)O[C@H]2[C@H](O)[C@H]1O. The van der Waals surface area contributed by atoms with Crippen LogP contribution in [0.25, 0.3) is 0 Å². The molecular formula is C19H28O5S. The van der Waals surface area contributed by atoms with E-state index < -0.39 is 30.0 Å². The van der Waals surface area contributed by atoms with Crippen molar-refractivity contribution < 1.29 is 24.4 Å². The quantitative estimate of drug-likeness (QED) is 0.722. The van der Waals surface area contributed by atoms with Crippen molar-refractivity contribution in [1.82, 2.24) is 0 Å². The molecule has 5 nitrogen and oxygen atoms in total. The van der Waals surface area contributed by atoms with Crippen LogP contribution in [0.1, 0.15) is 44.5 Å². The fraction of sp³-hybridized carbons (Fsp3) is 0.684. The van der Waals surface area contributed by atoms with Gasteiger partial charge >= 0.3 is 0 Å². The van der Waals surface area contributed by atoms with Gasteiger partial charge in [-0.25, -0.2) is 0 Å². The van der Waals surface area contributed by atoms with Crippen molar-refractivity contribution in [1.29, 1.82) is 0 Å². The van der Waals surface area contributed by atoms with Crippen molar-refractivity contribution in [2.24, 2.45) is 0 Å². The number of hydrogen-bond acceptors (Lipinski definition) is 6. The first-order valence-corrected chi connectivity index (χ1v) is 10.2. The molecule has 2 fully saturated rings. The Balaban J connectivity index is 1.54. The van der Waals surface area contributed by atoms with Crippen molar-refractivity contribution in [3.63, 3.8) is 0 Å². The lowest BCUT2D eigenvalue weighted by Crippen LogP contribution is -2.60. The summed E-state index contributed by atoms with van der Waals surface area (Å²) in [5, 5.41) is 20.9. The molecule has 1 unspecified atom stereocenters. The summed E-state index contributed by atoms with van der Waals surface area (Å²) in [5.74, 6) is 0.917. The maximum absolute atomic E-state index is 10.5. The Hall–Kier alpha value is -0.630. The third-order valence-corrected chi connectivity index (χ3v) is 5.93. The summed E-state index contributed by atoms with van der Waals surface area (Å²) in [4.78, 5) is 0. The number of aliphatic hydroxyl groups is 2. The number of benzene rings is 1. The van der Waals surface area contributed by atoms with Gasteiger partial charge in [-0.3, -0.25) is 0 Å².